The molecule has 0 fully saturated rings. The van der Waals surface area contributed by atoms with Gasteiger partial charge >= 0.3 is 0 Å². The summed E-state index contributed by atoms with van der Waals surface area (Å²) in [6.07, 6.45) is 1.99. The van der Waals surface area contributed by atoms with Crippen molar-refractivity contribution in [2.45, 2.75) is 25.3 Å². The summed E-state index contributed by atoms with van der Waals surface area (Å²) in [6.45, 7) is 2.82. The van der Waals surface area contributed by atoms with Gasteiger partial charge < -0.3 is 15.6 Å². The van der Waals surface area contributed by atoms with Gasteiger partial charge in [0, 0.05) is 6.61 Å². The van der Waals surface area contributed by atoms with Crippen molar-refractivity contribution in [1.82, 2.24) is 0 Å². The van der Waals surface area contributed by atoms with Gasteiger partial charge in [0.25, 0.3) is 0 Å². The maximum atomic E-state index is 8.92. The monoisotopic (exact) mass is 223 g/mol. The zero-order valence-electron chi connectivity index (χ0n) is 9.86. The first-order valence-corrected chi connectivity index (χ1v) is 5.65. The number of aryl methyl sites for hydroxylation is 1. The molecule has 1 atom stereocenters. The van der Waals surface area contributed by atoms with E-state index in [4.69, 9.17) is 15.6 Å². The SMILES string of the molecule is CC(N)(CO)COCCCc1ccccc1. The molecule has 90 valence electrons. The highest BCUT2D eigenvalue weighted by atomic mass is 16.5. The van der Waals surface area contributed by atoms with Crippen molar-refractivity contribution in [1.29, 1.82) is 0 Å². The molecule has 0 aromatic heterocycles. The number of aliphatic hydroxyl groups excluding tert-OH is 1. The van der Waals surface area contributed by atoms with Crippen LogP contribution >= 0.6 is 0 Å². The second-order valence-electron chi connectivity index (χ2n) is 4.45. The number of nitrogens with two attached hydrogens (primary N) is 1. The van der Waals surface area contributed by atoms with Gasteiger partial charge in [-0.05, 0) is 25.3 Å². The van der Waals surface area contributed by atoms with Crippen molar-refractivity contribution < 1.29 is 9.84 Å². The first-order chi connectivity index (χ1) is 7.64. The van der Waals surface area contributed by atoms with Crippen LogP contribution in [0.15, 0.2) is 30.3 Å². The third-order valence-electron chi connectivity index (χ3n) is 2.39. The summed E-state index contributed by atoms with van der Waals surface area (Å²) in [7, 11) is 0. The summed E-state index contributed by atoms with van der Waals surface area (Å²) in [6, 6.07) is 10.3. The van der Waals surface area contributed by atoms with E-state index in [-0.39, 0.29) is 6.61 Å². The first-order valence-electron chi connectivity index (χ1n) is 5.65. The fourth-order valence-corrected chi connectivity index (χ4v) is 1.37. The van der Waals surface area contributed by atoms with E-state index in [9.17, 15) is 0 Å². The van der Waals surface area contributed by atoms with Crippen LogP contribution in [0.3, 0.4) is 0 Å². The molecule has 1 aromatic rings. The molecule has 0 aliphatic carbocycles. The van der Waals surface area contributed by atoms with Crippen molar-refractivity contribution in [3.8, 4) is 0 Å². The highest BCUT2D eigenvalue weighted by Crippen LogP contribution is 2.03. The Bertz CT molecular complexity index is 285. The maximum absolute atomic E-state index is 8.92. The Balaban J connectivity index is 2.09. The van der Waals surface area contributed by atoms with E-state index >= 15 is 0 Å². The van der Waals surface area contributed by atoms with Gasteiger partial charge in [-0.3, -0.25) is 0 Å². The molecule has 0 spiro atoms. The Hall–Kier alpha value is -0.900. The van der Waals surface area contributed by atoms with Gasteiger partial charge in [0.1, 0.15) is 0 Å². The minimum atomic E-state index is -0.618. The summed E-state index contributed by atoms with van der Waals surface area (Å²) >= 11 is 0. The van der Waals surface area contributed by atoms with E-state index in [0.717, 1.165) is 12.8 Å². The summed E-state index contributed by atoms with van der Waals surface area (Å²) in [5, 5.41) is 8.92. The van der Waals surface area contributed by atoms with Gasteiger partial charge in [0.2, 0.25) is 0 Å². The fraction of sp³-hybridized carbons (Fsp3) is 0.538. The number of hydrogen-bond acceptors (Lipinski definition) is 3. The largest absolute Gasteiger partial charge is 0.394 e. The molecule has 3 N–H and O–H groups in total. The van der Waals surface area contributed by atoms with Crippen LogP contribution < -0.4 is 5.73 Å². The molecule has 0 amide bonds. The average molecular weight is 223 g/mol. The predicted molar refractivity (Wildman–Crippen MR) is 65.3 cm³/mol. The third kappa shape index (κ3) is 5.26. The molecule has 1 aromatic carbocycles. The van der Waals surface area contributed by atoms with Crippen LogP contribution in [0.1, 0.15) is 18.9 Å². The number of benzene rings is 1. The molecule has 0 saturated carbocycles. The summed E-state index contributed by atoms with van der Waals surface area (Å²) in [5.41, 5.74) is 6.44. The Morgan fingerprint density at radius 2 is 2.00 bits per heavy atom. The number of hydrogen-bond donors (Lipinski definition) is 2. The van der Waals surface area contributed by atoms with E-state index in [1.54, 1.807) is 6.92 Å². The van der Waals surface area contributed by atoms with Crippen molar-refractivity contribution in [2.24, 2.45) is 5.73 Å². The molecule has 0 saturated heterocycles. The quantitative estimate of drug-likeness (QED) is 0.686. The molecule has 0 aliphatic heterocycles. The van der Waals surface area contributed by atoms with Gasteiger partial charge in [-0.2, -0.15) is 0 Å². The Morgan fingerprint density at radius 3 is 2.62 bits per heavy atom. The molecule has 0 heterocycles. The molecule has 3 heteroatoms. The smallest absolute Gasteiger partial charge is 0.0665 e. The zero-order valence-corrected chi connectivity index (χ0v) is 9.86. The van der Waals surface area contributed by atoms with Crippen LogP contribution in [-0.2, 0) is 11.2 Å². The van der Waals surface area contributed by atoms with Crippen LogP contribution in [-0.4, -0.2) is 30.5 Å². The zero-order chi connectivity index (χ0) is 11.9. The minimum absolute atomic E-state index is 0.0499. The highest BCUT2D eigenvalue weighted by molar-refractivity contribution is 5.14. The summed E-state index contributed by atoms with van der Waals surface area (Å²) in [4.78, 5) is 0. The molecule has 0 radical (unpaired) electrons. The molecule has 0 bridgehead atoms. The van der Waals surface area contributed by atoms with Crippen molar-refractivity contribution in [3.63, 3.8) is 0 Å². The lowest BCUT2D eigenvalue weighted by Crippen LogP contribution is -2.44. The molecule has 16 heavy (non-hydrogen) atoms. The second-order valence-corrected chi connectivity index (χ2v) is 4.45. The normalized spacial score (nSPS) is 14.7. The lowest BCUT2D eigenvalue weighted by Gasteiger charge is -2.21. The molecule has 0 aliphatic rings. The summed E-state index contributed by atoms with van der Waals surface area (Å²) in [5.74, 6) is 0. The molecule has 1 unspecified atom stereocenters. The fourth-order valence-electron chi connectivity index (χ4n) is 1.37. The standard InChI is InChI=1S/C13H21NO2/c1-13(14,10-15)11-16-9-5-8-12-6-3-2-4-7-12/h2-4,6-7,15H,5,8-11,14H2,1H3. The van der Waals surface area contributed by atoms with E-state index < -0.39 is 5.54 Å². The summed E-state index contributed by atoms with van der Waals surface area (Å²) < 4.78 is 5.43. The van der Waals surface area contributed by atoms with Crippen molar-refractivity contribution in [3.05, 3.63) is 35.9 Å². The van der Waals surface area contributed by atoms with E-state index in [2.05, 4.69) is 12.1 Å². The number of rotatable bonds is 7. The number of ether oxygens (including phenoxy) is 1. The number of aliphatic hydroxyl groups is 1. The topological polar surface area (TPSA) is 55.5 Å². The van der Waals surface area contributed by atoms with Crippen LogP contribution in [0.5, 0.6) is 0 Å². The third-order valence-corrected chi connectivity index (χ3v) is 2.39. The van der Waals surface area contributed by atoms with Crippen LogP contribution in [0.2, 0.25) is 0 Å². The van der Waals surface area contributed by atoms with Crippen molar-refractivity contribution >= 4 is 0 Å². The molecular weight excluding hydrogens is 202 g/mol. The van der Waals surface area contributed by atoms with Gasteiger partial charge in [-0.25, -0.2) is 0 Å². The minimum Gasteiger partial charge on any atom is -0.394 e. The molecular formula is C13H21NO2. The Kier molecular flexibility index (Phi) is 5.46. The van der Waals surface area contributed by atoms with Crippen LogP contribution in [0, 0.1) is 0 Å². The molecule has 1 rings (SSSR count). The van der Waals surface area contributed by atoms with E-state index in [1.165, 1.54) is 5.56 Å². The Morgan fingerprint density at radius 1 is 1.31 bits per heavy atom. The van der Waals surface area contributed by atoms with E-state index in [1.807, 2.05) is 18.2 Å². The lowest BCUT2D eigenvalue weighted by atomic mass is 10.1. The Labute approximate surface area is 97.2 Å². The van der Waals surface area contributed by atoms with Crippen molar-refractivity contribution in [2.75, 3.05) is 19.8 Å². The van der Waals surface area contributed by atoms with Crippen LogP contribution in [0.25, 0.3) is 0 Å². The second kappa shape index (κ2) is 6.63. The van der Waals surface area contributed by atoms with Gasteiger partial charge in [-0.1, -0.05) is 30.3 Å². The van der Waals surface area contributed by atoms with Crippen LogP contribution in [0.4, 0.5) is 0 Å². The van der Waals surface area contributed by atoms with Gasteiger partial charge in [0.15, 0.2) is 0 Å². The predicted octanol–water partition coefficient (Wildman–Crippen LogP) is 1.35. The molecule has 3 nitrogen and oxygen atoms in total. The van der Waals surface area contributed by atoms with Gasteiger partial charge in [0.05, 0.1) is 18.8 Å². The van der Waals surface area contributed by atoms with Gasteiger partial charge in [-0.15, -0.1) is 0 Å². The van der Waals surface area contributed by atoms with E-state index in [0.29, 0.717) is 13.2 Å². The lowest BCUT2D eigenvalue weighted by molar-refractivity contribution is 0.0619. The average Bonchev–Trinajstić information content (AvgIpc) is 2.30. The first kappa shape index (κ1) is 13.2. The maximum Gasteiger partial charge on any atom is 0.0665 e. The highest BCUT2D eigenvalue weighted by Gasteiger charge is 2.16.